The molecular weight excluding hydrogens is 281 g/mol. The fraction of sp³-hybridized carbons (Fsp3) is 0.333. The second kappa shape index (κ2) is 6.99. The molecular formula is C12H14FN5OS. The van der Waals surface area contributed by atoms with Gasteiger partial charge in [-0.3, -0.25) is 4.79 Å². The number of benzene rings is 1. The maximum absolute atomic E-state index is 13.4. The van der Waals surface area contributed by atoms with Gasteiger partial charge in [0, 0.05) is 13.6 Å². The summed E-state index contributed by atoms with van der Waals surface area (Å²) < 4.78 is 14.8. The van der Waals surface area contributed by atoms with E-state index in [9.17, 15) is 9.18 Å². The molecule has 106 valence electrons. The minimum atomic E-state index is -0.249. The quantitative estimate of drug-likeness (QED) is 0.798. The number of carbonyl (C=O) groups is 1. The van der Waals surface area contributed by atoms with E-state index in [0.717, 1.165) is 0 Å². The third-order valence-electron chi connectivity index (χ3n) is 2.59. The van der Waals surface area contributed by atoms with E-state index >= 15 is 0 Å². The van der Waals surface area contributed by atoms with Crippen molar-refractivity contribution >= 4 is 17.7 Å². The average molecular weight is 295 g/mol. The topological polar surface area (TPSA) is 72.7 Å². The van der Waals surface area contributed by atoms with Crippen LogP contribution in [0.15, 0.2) is 29.4 Å². The van der Waals surface area contributed by atoms with Gasteiger partial charge < -0.3 is 5.32 Å². The van der Waals surface area contributed by atoms with Gasteiger partial charge in [0.1, 0.15) is 5.82 Å². The van der Waals surface area contributed by atoms with Crippen molar-refractivity contribution in [2.75, 3.05) is 12.3 Å². The summed E-state index contributed by atoms with van der Waals surface area (Å²) >= 11 is 1.25. The molecule has 0 saturated heterocycles. The molecule has 2 rings (SSSR count). The molecule has 0 aliphatic heterocycles. The third-order valence-corrected chi connectivity index (χ3v) is 3.60. The Morgan fingerprint density at radius 1 is 1.45 bits per heavy atom. The molecule has 2 aromatic rings. The van der Waals surface area contributed by atoms with E-state index in [1.165, 1.54) is 22.5 Å². The van der Waals surface area contributed by atoms with Crippen LogP contribution in [0.2, 0.25) is 0 Å². The van der Waals surface area contributed by atoms with Crippen molar-refractivity contribution in [1.82, 2.24) is 25.5 Å². The van der Waals surface area contributed by atoms with E-state index in [0.29, 0.717) is 23.7 Å². The highest BCUT2D eigenvalue weighted by Crippen LogP contribution is 2.11. The number of amides is 1. The average Bonchev–Trinajstić information content (AvgIpc) is 2.84. The van der Waals surface area contributed by atoms with Gasteiger partial charge in [-0.15, -0.1) is 5.10 Å². The molecule has 0 atom stereocenters. The number of hydrogen-bond donors (Lipinski definition) is 1. The normalized spacial score (nSPS) is 10.5. The van der Waals surface area contributed by atoms with Gasteiger partial charge in [0.15, 0.2) is 0 Å². The first-order chi connectivity index (χ1) is 9.66. The lowest BCUT2D eigenvalue weighted by atomic mass is 10.1. The lowest BCUT2D eigenvalue weighted by Crippen LogP contribution is -2.27. The molecule has 0 bridgehead atoms. The maximum atomic E-state index is 13.4. The predicted octanol–water partition coefficient (Wildman–Crippen LogP) is 0.800. The van der Waals surface area contributed by atoms with Crippen LogP contribution < -0.4 is 5.32 Å². The predicted molar refractivity (Wildman–Crippen MR) is 72.6 cm³/mol. The van der Waals surface area contributed by atoms with E-state index < -0.39 is 0 Å². The first kappa shape index (κ1) is 14.4. The molecule has 0 aliphatic carbocycles. The van der Waals surface area contributed by atoms with E-state index in [4.69, 9.17) is 0 Å². The zero-order chi connectivity index (χ0) is 14.4. The first-order valence-corrected chi connectivity index (χ1v) is 7.00. The maximum Gasteiger partial charge on any atom is 0.230 e. The molecule has 1 heterocycles. The molecule has 1 aromatic carbocycles. The van der Waals surface area contributed by atoms with Crippen LogP contribution in [0.1, 0.15) is 5.56 Å². The Balaban J connectivity index is 1.71. The molecule has 0 spiro atoms. The van der Waals surface area contributed by atoms with Crippen LogP contribution in [0.5, 0.6) is 0 Å². The lowest BCUT2D eigenvalue weighted by molar-refractivity contribution is -0.118. The number of thioether (sulfide) groups is 1. The third kappa shape index (κ3) is 4.02. The number of rotatable bonds is 6. The highest BCUT2D eigenvalue weighted by molar-refractivity contribution is 7.99. The van der Waals surface area contributed by atoms with Crippen LogP contribution in [-0.2, 0) is 18.3 Å². The Bertz CT molecular complexity index is 589. The SMILES string of the molecule is Cn1nnnc1SCC(=O)NCCc1ccccc1F. The van der Waals surface area contributed by atoms with E-state index in [2.05, 4.69) is 20.8 Å². The molecule has 0 radical (unpaired) electrons. The summed E-state index contributed by atoms with van der Waals surface area (Å²) in [5, 5.41) is 14.2. The number of aryl methyl sites for hydroxylation is 1. The van der Waals surface area contributed by atoms with Crippen molar-refractivity contribution in [3.05, 3.63) is 35.6 Å². The fourth-order valence-corrected chi connectivity index (χ4v) is 2.24. The van der Waals surface area contributed by atoms with Crippen LogP contribution >= 0.6 is 11.8 Å². The van der Waals surface area contributed by atoms with Gasteiger partial charge in [0.05, 0.1) is 5.75 Å². The molecule has 0 unspecified atom stereocenters. The van der Waals surface area contributed by atoms with Gasteiger partial charge in [-0.25, -0.2) is 9.07 Å². The summed E-state index contributed by atoms with van der Waals surface area (Å²) in [5.41, 5.74) is 0.595. The number of nitrogens with zero attached hydrogens (tertiary/aromatic N) is 4. The van der Waals surface area contributed by atoms with Gasteiger partial charge in [-0.05, 0) is 28.5 Å². The highest BCUT2D eigenvalue weighted by atomic mass is 32.2. The summed E-state index contributed by atoms with van der Waals surface area (Å²) in [6, 6.07) is 6.54. The Kier molecular flexibility index (Phi) is 5.05. The van der Waals surface area contributed by atoms with E-state index in [1.807, 2.05) is 0 Å². The van der Waals surface area contributed by atoms with Gasteiger partial charge in [0.25, 0.3) is 0 Å². The number of aromatic nitrogens is 4. The molecule has 0 fully saturated rings. The summed E-state index contributed by atoms with van der Waals surface area (Å²) in [7, 11) is 1.71. The van der Waals surface area contributed by atoms with Crippen LogP contribution in [0.25, 0.3) is 0 Å². The Morgan fingerprint density at radius 3 is 2.95 bits per heavy atom. The largest absolute Gasteiger partial charge is 0.355 e. The van der Waals surface area contributed by atoms with Crippen molar-refractivity contribution in [1.29, 1.82) is 0 Å². The molecule has 1 amide bonds. The van der Waals surface area contributed by atoms with Gasteiger partial charge >= 0.3 is 0 Å². The number of nitrogens with one attached hydrogen (secondary N) is 1. The molecule has 8 heteroatoms. The minimum absolute atomic E-state index is 0.130. The second-order valence-electron chi connectivity index (χ2n) is 4.07. The van der Waals surface area contributed by atoms with Gasteiger partial charge in [0.2, 0.25) is 11.1 Å². The smallest absolute Gasteiger partial charge is 0.230 e. The highest BCUT2D eigenvalue weighted by Gasteiger charge is 2.07. The number of carbonyl (C=O) groups excluding carboxylic acids is 1. The fourth-order valence-electron chi connectivity index (χ4n) is 1.56. The van der Waals surface area contributed by atoms with Crippen molar-refractivity contribution in [2.24, 2.45) is 7.05 Å². The Hall–Kier alpha value is -1.96. The van der Waals surface area contributed by atoms with Crippen LogP contribution in [0.4, 0.5) is 4.39 Å². The zero-order valence-electron chi connectivity index (χ0n) is 10.9. The molecule has 1 aromatic heterocycles. The van der Waals surface area contributed by atoms with Gasteiger partial charge in [-0.2, -0.15) is 0 Å². The van der Waals surface area contributed by atoms with Crippen LogP contribution in [-0.4, -0.2) is 38.4 Å². The first-order valence-electron chi connectivity index (χ1n) is 6.02. The van der Waals surface area contributed by atoms with Gasteiger partial charge in [-0.1, -0.05) is 30.0 Å². The molecule has 0 aliphatic rings. The van der Waals surface area contributed by atoms with E-state index in [-0.39, 0.29) is 17.5 Å². The molecule has 6 nitrogen and oxygen atoms in total. The van der Waals surface area contributed by atoms with Crippen LogP contribution in [0.3, 0.4) is 0 Å². The number of hydrogen-bond acceptors (Lipinski definition) is 5. The summed E-state index contributed by atoms with van der Waals surface area (Å²) in [4.78, 5) is 11.6. The van der Waals surface area contributed by atoms with Crippen molar-refractivity contribution in [2.45, 2.75) is 11.6 Å². The zero-order valence-corrected chi connectivity index (χ0v) is 11.7. The molecule has 1 N–H and O–H groups in total. The van der Waals surface area contributed by atoms with Crippen LogP contribution in [0, 0.1) is 5.82 Å². The number of halogens is 1. The standard InChI is InChI=1S/C12H14FN5OS/c1-18-12(15-16-17-18)20-8-11(19)14-7-6-9-4-2-3-5-10(9)13/h2-5H,6-8H2,1H3,(H,14,19). The Labute approximate surface area is 119 Å². The summed E-state index contributed by atoms with van der Waals surface area (Å²) in [5.74, 6) is -0.151. The monoisotopic (exact) mass is 295 g/mol. The van der Waals surface area contributed by atoms with Crippen molar-refractivity contribution in [3.63, 3.8) is 0 Å². The van der Waals surface area contributed by atoms with E-state index in [1.54, 1.807) is 25.2 Å². The number of tetrazole rings is 1. The molecule has 0 saturated carbocycles. The van der Waals surface area contributed by atoms with Crippen molar-refractivity contribution < 1.29 is 9.18 Å². The minimum Gasteiger partial charge on any atom is -0.355 e. The Morgan fingerprint density at radius 2 is 2.25 bits per heavy atom. The summed E-state index contributed by atoms with van der Waals surface area (Å²) in [6.45, 7) is 0.400. The summed E-state index contributed by atoms with van der Waals surface area (Å²) in [6.07, 6.45) is 0.467. The van der Waals surface area contributed by atoms with Crippen molar-refractivity contribution in [3.8, 4) is 0 Å². The lowest BCUT2D eigenvalue weighted by Gasteiger charge is -2.05. The second-order valence-corrected chi connectivity index (χ2v) is 5.01. The molecule has 20 heavy (non-hydrogen) atoms.